The molecular weight excluding hydrogens is 403 g/mol. The van der Waals surface area contributed by atoms with E-state index in [0.29, 0.717) is 24.6 Å². The first-order valence-electron chi connectivity index (χ1n) is 11.7. The molecule has 4 aliphatic rings. The number of carbonyl (C=O) groups is 1. The molecule has 5 atom stereocenters. The number of benzene rings is 1. The Bertz CT molecular complexity index is 868. The number of nitrogens with zero attached hydrogens (tertiary/aromatic N) is 2. The van der Waals surface area contributed by atoms with Crippen LogP contribution < -0.4 is 5.73 Å². The molecule has 0 aromatic heterocycles. The number of carbonyl (C=O) groups excluding carboxylic acids is 1. The third kappa shape index (κ3) is 3.94. The molecule has 1 amide bonds. The third-order valence-corrected chi connectivity index (χ3v) is 8.39. The molecule has 5 rings (SSSR count). The lowest BCUT2D eigenvalue weighted by Crippen LogP contribution is -2.44. The number of hydrogen-bond donors (Lipinski definition) is 1. The molecule has 31 heavy (non-hydrogen) atoms. The third-order valence-electron chi connectivity index (χ3n) is 8.39. The standard InChI is InChI=1S/C24H32F3N3O/c1-14-6-15-7-17(14)12-30(11-15)20-3-2-16(9-20)23(31)29-5-4-21-18(13-29)8-19(10-22(21)28)24(25,26)27/h8,10,14-17,20H,2-7,9,11-13,28H2,1H3. The molecule has 4 nitrogen and oxygen atoms in total. The molecule has 3 fully saturated rings. The van der Waals surface area contributed by atoms with Gasteiger partial charge in [-0.2, -0.15) is 13.2 Å². The lowest BCUT2D eigenvalue weighted by molar-refractivity contribution is -0.137. The number of halogens is 3. The maximum atomic E-state index is 13.3. The van der Waals surface area contributed by atoms with E-state index in [1.807, 2.05) is 0 Å². The first-order chi connectivity index (χ1) is 14.7. The smallest absolute Gasteiger partial charge is 0.398 e. The normalized spacial score (nSPS) is 33.5. The number of fused-ring (bicyclic) bond motifs is 3. The topological polar surface area (TPSA) is 49.6 Å². The average molecular weight is 436 g/mol. The van der Waals surface area contributed by atoms with Crippen molar-refractivity contribution in [1.82, 2.24) is 9.80 Å². The molecule has 1 aromatic rings. The maximum Gasteiger partial charge on any atom is 0.416 e. The van der Waals surface area contributed by atoms with Crippen LogP contribution in [0.15, 0.2) is 12.1 Å². The maximum absolute atomic E-state index is 13.3. The highest BCUT2D eigenvalue weighted by molar-refractivity contribution is 5.79. The van der Waals surface area contributed by atoms with Gasteiger partial charge in [-0.1, -0.05) is 6.92 Å². The summed E-state index contributed by atoms with van der Waals surface area (Å²) in [5.74, 6) is 2.54. The summed E-state index contributed by atoms with van der Waals surface area (Å²) in [6.07, 6.45) is 1.63. The summed E-state index contributed by atoms with van der Waals surface area (Å²) in [6.45, 7) is 5.48. The van der Waals surface area contributed by atoms with Gasteiger partial charge in [0.2, 0.25) is 5.91 Å². The quantitative estimate of drug-likeness (QED) is 0.704. The largest absolute Gasteiger partial charge is 0.416 e. The number of amides is 1. The molecule has 1 saturated heterocycles. The zero-order valence-corrected chi connectivity index (χ0v) is 18.1. The second kappa shape index (κ2) is 7.68. The fourth-order valence-electron chi connectivity index (χ4n) is 6.74. The molecule has 1 aromatic carbocycles. The van der Waals surface area contributed by atoms with Crippen molar-refractivity contribution in [1.29, 1.82) is 0 Å². The summed E-state index contributed by atoms with van der Waals surface area (Å²) in [7, 11) is 0. The number of piperidine rings is 1. The van der Waals surface area contributed by atoms with Crippen LogP contribution in [-0.4, -0.2) is 41.4 Å². The molecule has 2 aliphatic carbocycles. The molecule has 0 radical (unpaired) electrons. The predicted octanol–water partition coefficient (Wildman–Crippen LogP) is 4.32. The van der Waals surface area contributed by atoms with Crippen molar-refractivity contribution < 1.29 is 18.0 Å². The predicted molar refractivity (Wildman–Crippen MR) is 113 cm³/mol. The molecule has 2 heterocycles. The number of rotatable bonds is 2. The van der Waals surface area contributed by atoms with Crippen LogP contribution in [-0.2, 0) is 23.9 Å². The summed E-state index contributed by atoms with van der Waals surface area (Å²) in [5.41, 5.74) is 6.68. The molecule has 7 heteroatoms. The van der Waals surface area contributed by atoms with Gasteiger partial charge in [-0.25, -0.2) is 0 Å². The van der Waals surface area contributed by atoms with Crippen molar-refractivity contribution in [2.45, 2.75) is 64.2 Å². The zero-order chi connectivity index (χ0) is 21.9. The van der Waals surface area contributed by atoms with Gasteiger partial charge in [0.05, 0.1) is 5.56 Å². The Labute approximate surface area is 181 Å². The highest BCUT2D eigenvalue weighted by atomic mass is 19.4. The molecule has 2 aliphatic heterocycles. The summed E-state index contributed by atoms with van der Waals surface area (Å²) < 4.78 is 39.6. The van der Waals surface area contributed by atoms with Crippen LogP contribution in [0, 0.1) is 23.7 Å². The molecule has 0 spiro atoms. The fourth-order valence-corrected chi connectivity index (χ4v) is 6.74. The van der Waals surface area contributed by atoms with Gasteiger partial charge in [-0.05, 0) is 79.5 Å². The van der Waals surface area contributed by atoms with Gasteiger partial charge in [0.15, 0.2) is 0 Å². The molecular formula is C24H32F3N3O. The van der Waals surface area contributed by atoms with E-state index < -0.39 is 11.7 Å². The Morgan fingerprint density at radius 3 is 2.68 bits per heavy atom. The van der Waals surface area contributed by atoms with Crippen molar-refractivity contribution in [3.63, 3.8) is 0 Å². The molecule has 2 N–H and O–H groups in total. The van der Waals surface area contributed by atoms with Crippen LogP contribution >= 0.6 is 0 Å². The van der Waals surface area contributed by atoms with E-state index in [1.54, 1.807) is 4.90 Å². The highest BCUT2D eigenvalue weighted by Gasteiger charge is 2.43. The molecule has 5 unspecified atom stereocenters. The van der Waals surface area contributed by atoms with E-state index in [4.69, 9.17) is 5.73 Å². The van der Waals surface area contributed by atoms with E-state index in [2.05, 4.69) is 11.8 Å². The number of alkyl halides is 3. The lowest BCUT2D eigenvalue weighted by Gasteiger charge is -2.37. The van der Waals surface area contributed by atoms with Gasteiger partial charge in [0, 0.05) is 43.8 Å². The summed E-state index contributed by atoms with van der Waals surface area (Å²) in [5, 5.41) is 0. The van der Waals surface area contributed by atoms with Crippen LogP contribution in [0.3, 0.4) is 0 Å². The Kier molecular flexibility index (Phi) is 5.23. The lowest BCUT2D eigenvalue weighted by atomic mass is 9.93. The Balaban J connectivity index is 1.24. The van der Waals surface area contributed by atoms with Gasteiger partial charge in [-0.3, -0.25) is 9.69 Å². The summed E-state index contributed by atoms with van der Waals surface area (Å²) in [6, 6.07) is 2.67. The fraction of sp³-hybridized carbons (Fsp3) is 0.708. The van der Waals surface area contributed by atoms with Gasteiger partial charge >= 0.3 is 6.18 Å². The second-order valence-electron chi connectivity index (χ2n) is 10.4. The van der Waals surface area contributed by atoms with Crippen molar-refractivity contribution in [3.8, 4) is 0 Å². The van der Waals surface area contributed by atoms with Crippen LogP contribution in [0.1, 0.15) is 55.7 Å². The van der Waals surface area contributed by atoms with Crippen molar-refractivity contribution in [2.75, 3.05) is 25.4 Å². The first kappa shape index (κ1) is 21.1. The SMILES string of the molecule is CC1CC2CC1CN(C1CCC(C(=O)N3CCc4c(N)cc(C(F)(F)F)cc4C3)C1)C2. The molecule has 2 bridgehead atoms. The Morgan fingerprint density at radius 2 is 1.94 bits per heavy atom. The number of hydrogen-bond acceptors (Lipinski definition) is 3. The van der Waals surface area contributed by atoms with Crippen LogP contribution in [0.2, 0.25) is 0 Å². The monoisotopic (exact) mass is 435 g/mol. The zero-order valence-electron chi connectivity index (χ0n) is 18.1. The summed E-state index contributed by atoms with van der Waals surface area (Å²) in [4.78, 5) is 17.6. The van der Waals surface area contributed by atoms with E-state index in [-0.39, 0.29) is 24.1 Å². The minimum absolute atomic E-state index is 0.00769. The van der Waals surface area contributed by atoms with E-state index in [0.717, 1.165) is 48.6 Å². The highest BCUT2D eigenvalue weighted by Crippen LogP contribution is 2.44. The average Bonchev–Trinajstić information content (AvgIpc) is 3.31. The van der Waals surface area contributed by atoms with E-state index in [9.17, 15) is 18.0 Å². The van der Waals surface area contributed by atoms with E-state index >= 15 is 0 Å². The first-order valence-corrected chi connectivity index (χ1v) is 11.7. The number of likely N-dealkylation sites (tertiary alicyclic amines) is 1. The van der Waals surface area contributed by atoms with Crippen LogP contribution in [0.25, 0.3) is 0 Å². The Morgan fingerprint density at radius 1 is 1.13 bits per heavy atom. The van der Waals surface area contributed by atoms with Gasteiger partial charge < -0.3 is 10.6 Å². The molecule has 170 valence electrons. The van der Waals surface area contributed by atoms with Gasteiger partial charge in [0.25, 0.3) is 0 Å². The van der Waals surface area contributed by atoms with Crippen LogP contribution in [0.4, 0.5) is 18.9 Å². The number of nitrogens with two attached hydrogens (primary N) is 1. The van der Waals surface area contributed by atoms with Crippen molar-refractivity contribution >= 4 is 11.6 Å². The van der Waals surface area contributed by atoms with Crippen molar-refractivity contribution in [2.24, 2.45) is 23.7 Å². The van der Waals surface area contributed by atoms with Crippen LogP contribution in [0.5, 0.6) is 0 Å². The van der Waals surface area contributed by atoms with Gasteiger partial charge in [-0.15, -0.1) is 0 Å². The second-order valence-corrected chi connectivity index (χ2v) is 10.4. The minimum Gasteiger partial charge on any atom is -0.398 e. The Hall–Kier alpha value is -1.76. The van der Waals surface area contributed by atoms with E-state index in [1.165, 1.54) is 32.0 Å². The van der Waals surface area contributed by atoms with Gasteiger partial charge in [0.1, 0.15) is 0 Å². The number of nitrogen functional groups attached to an aromatic ring is 1. The summed E-state index contributed by atoms with van der Waals surface area (Å²) >= 11 is 0. The molecule has 2 saturated carbocycles. The van der Waals surface area contributed by atoms with Crippen molar-refractivity contribution in [3.05, 3.63) is 28.8 Å². The minimum atomic E-state index is -4.43. The number of anilines is 1.